The Hall–Kier alpha value is -1.94. The molecular weight excluding hydrogens is 254 g/mol. The number of fused-ring (bicyclic) bond motifs is 5. The highest BCUT2D eigenvalue weighted by molar-refractivity contribution is 6.23. The summed E-state index contributed by atoms with van der Waals surface area (Å²) < 4.78 is 5.80. The highest BCUT2D eigenvalue weighted by atomic mass is 16.5. The molecule has 1 aromatic rings. The zero-order valence-corrected chi connectivity index (χ0v) is 11.4. The number of imide groups is 1. The molecule has 3 aliphatic rings. The minimum Gasteiger partial charge on any atom is -0.362 e. The first-order chi connectivity index (χ1) is 9.53. The molecule has 3 heterocycles. The molecule has 2 saturated heterocycles. The Morgan fingerprint density at radius 1 is 1.20 bits per heavy atom. The van der Waals surface area contributed by atoms with Crippen molar-refractivity contribution in [2.24, 2.45) is 11.8 Å². The fraction of sp³-hybridized carbons (Fsp3) is 0.375. The van der Waals surface area contributed by atoms with Crippen LogP contribution in [0.1, 0.15) is 12.5 Å². The normalized spacial score (nSPS) is 37.9. The summed E-state index contributed by atoms with van der Waals surface area (Å²) in [6.45, 7) is 3.80. The minimum absolute atomic E-state index is 0.132. The quantitative estimate of drug-likeness (QED) is 0.577. The molecule has 4 heteroatoms. The number of carbonyl (C=O) groups is 2. The van der Waals surface area contributed by atoms with Gasteiger partial charge in [-0.25, -0.2) is 4.90 Å². The Morgan fingerprint density at radius 2 is 1.95 bits per heavy atom. The fourth-order valence-electron chi connectivity index (χ4n) is 3.70. The van der Waals surface area contributed by atoms with Gasteiger partial charge in [-0.05, 0) is 25.5 Å². The summed E-state index contributed by atoms with van der Waals surface area (Å²) in [6.07, 6.45) is 3.58. The number of ether oxygens (including phenoxy) is 1. The molecule has 4 nitrogen and oxygen atoms in total. The zero-order valence-electron chi connectivity index (χ0n) is 11.4. The first kappa shape index (κ1) is 11.9. The van der Waals surface area contributed by atoms with Gasteiger partial charge in [-0.1, -0.05) is 30.4 Å². The smallest absolute Gasteiger partial charge is 0.241 e. The number of rotatable bonds is 1. The van der Waals surface area contributed by atoms with Gasteiger partial charge in [-0.2, -0.15) is 0 Å². The standard InChI is InChI=1S/C16H15NO3/c1-9-5-3-4-6-10(9)17-14(18)12-11-7-8-16(2,20-11)13(12)15(17)19/h3-8,11-13H,1-2H3/t11-,12+,13-,16-/m1/s1. The molecule has 0 radical (unpaired) electrons. The molecule has 0 aromatic heterocycles. The Kier molecular flexibility index (Phi) is 2.12. The fourth-order valence-corrected chi connectivity index (χ4v) is 3.70. The topological polar surface area (TPSA) is 46.6 Å². The van der Waals surface area contributed by atoms with E-state index >= 15 is 0 Å². The average Bonchev–Trinajstić information content (AvgIpc) is 3.01. The lowest BCUT2D eigenvalue weighted by molar-refractivity contribution is -0.126. The second-order valence-corrected chi connectivity index (χ2v) is 5.93. The SMILES string of the molecule is Cc1ccccc1N1C(=O)[C@H]2[C@H]3C=C[C@@](C)(O3)[C@H]2C1=O. The van der Waals surface area contributed by atoms with E-state index in [1.165, 1.54) is 4.90 Å². The van der Waals surface area contributed by atoms with Crippen molar-refractivity contribution in [1.29, 1.82) is 0 Å². The first-order valence-corrected chi connectivity index (χ1v) is 6.83. The second kappa shape index (κ2) is 3.58. The number of amides is 2. The van der Waals surface area contributed by atoms with E-state index < -0.39 is 5.60 Å². The summed E-state index contributed by atoms with van der Waals surface area (Å²) in [5, 5.41) is 0. The molecule has 102 valence electrons. The number of carbonyl (C=O) groups excluding carboxylic acids is 2. The van der Waals surface area contributed by atoms with Crippen LogP contribution in [0.2, 0.25) is 0 Å². The predicted molar refractivity (Wildman–Crippen MR) is 73.1 cm³/mol. The molecule has 0 saturated carbocycles. The number of benzene rings is 1. The van der Waals surface area contributed by atoms with Crippen LogP contribution in [0.25, 0.3) is 0 Å². The number of anilines is 1. The van der Waals surface area contributed by atoms with Crippen molar-refractivity contribution in [3.05, 3.63) is 42.0 Å². The Balaban J connectivity index is 1.82. The summed E-state index contributed by atoms with van der Waals surface area (Å²) >= 11 is 0. The van der Waals surface area contributed by atoms with Crippen molar-refractivity contribution in [3.63, 3.8) is 0 Å². The maximum Gasteiger partial charge on any atom is 0.241 e. The van der Waals surface area contributed by atoms with Crippen LogP contribution in [0.3, 0.4) is 0 Å². The van der Waals surface area contributed by atoms with Gasteiger partial charge in [-0.15, -0.1) is 0 Å². The van der Waals surface area contributed by atoms with Crippen LogP contribution < -0.4 is 4.90 Å². The van der Waals surface area contributed by atoms with Crippen molar-refractivity contribution in [2.45, 2.75) is 25.6 Å². The monoisotopic (exact) mass is 269 g/mol. The average molecular weight is 269 g/mol. The van der Waals surface area contributed by atoms with E-state index in [1.54, 1.807) is 0 Å². The molecule has 0 N–H and O–H groups in total. The molecule has 0 unspecified atom stereocenters. The third-order valence-electron chi connectivity index (χ3n) is 4.69. The first-order valence-electron chi connectivity index (χ1n) is 6.83. The summed E-state index contributed by atoms with van der Waals surface area (Å²) in [4.78, 5) is 26.8. The summed E-state index contributed by atoms with van der Waals surface area (Å²) in [5.41, 5.74) is 1.000. The zero-order chi connectivity index (χ0) is 14.1. The van der Waals surface area contributed by atoms with Crippen LogP contribution in [0, 0.1) is 18.8 Å². The van der Waals surface area contributed by atoms with Gasteiger partial charge in [0.25, 0.3) is 0 Å². The molecule has 3 aliphatic heterocycles. The van der Waals surface area contributed by atoms with Crippen LogP contribution >= 0.6 is 0 Å². The number of aryl methyl sites for hydroxylation is 1. The lowest BCUT2D eigenvalue weighted by atomic mass is 9.78. The van der Waals surface area contributed by atoms with E-state index in [0.717, 1.165) is 5.56 Å². The van der Waals surface area contributed by atoms with Crippen molar-refractivity contribution >= 4 is 17.5 Å². The van der Waals surface area contributed by atoms with Gasteiger partial charge in [0, 0.05) is 0 Å². The van der Waals surface area contributed by atoms with E-state index in [0.29, 0.717) is 5.69 Å². The van der Waals surface area contributed by atoms with E-state index in [4.69, 9.17) is 4.74 Å². The molecule has 2 fully saturated rings. The molecule has 2 amide bonds. The lowest BCUT2D eigenvalue weighted by Gasteiger charge is -2.24. The molecule has 4 rings (SSSR count). The van der Waals surface area contributed by atoms with Gasteiger partial charge in [0.2, 0.25) is 11.8 Å². The Morgan fingerprint density at radius 3 is 2.65 bits per heavy atom. The van der Waals surface area contributed by atoms with Crippen molar-refractivity contribution < 1.29 is 14.3 Å². The third kappa shape index (κ3) is 1.25. The molecule has 4 atom stereocenters. The van der Waals surface area contributed by atoms with Crippen LogP contribution in [-0.4, -0.2) is 23.5 Å². The van der Waals surface area contributed by atoms with Crippen LogP contribution in [0.5, 0.6) is 0 Å². The molecule has 20 heavy (non-hydrogen) atoms. The van der Waals surface area contributed by atoms with Crippen LogP contribution in [0.15, 0.2) is 36.4 Å². The Bertz CT molecular complexity index is 665. The van der Waals surface area contributed by atoms with Gasteiger partial charge < -0.3 is 4.74 Å². The van der Waals surface area contributed by atoms with E-state index in [9.17, 15) is 9.59 Å². The predicted octanol–water partition coefficient (Wildman–Crippen LogP) is 1.83. The molecule has 1 aromatic carbocycles. The minimum atomic E-state index is -0.625. The number of hydrogen-bond donors (Lipinski definition) is 0. The molecule has 0 spiro atoms. The number of para-hydroxylation sites is 1. The highest BCUT2D eigenvalue weighted by Crippen LogP contribution is 2.52. The third-order valence-corrected chi connectivity index (χ3v) is 4.69. The largest absolute Gasteiger partial charge is 0.362 e. The highest BCUT2D eigenvalue weighted by Gasteiger charge is 2.66. The lowest BCUT2D eigenvalue weighted by Crippen LogP contribution is -2.38. The Labute approximate surface area is 117 Å². The van der Waals surface area contributed by atoms with Gasteiger partial charge in [-0.3, -0.25) is 9.59 Å². The van der Waals surface area contributed by atoms with E-state index in [1.807, 2.05) is 50.3 Å². The van der Waals surface area contributed by atoms with Gasteiger partial charge in [0.1, 0.15) is 0 Å². The summed E-state index contributed by atoms with van der Waals surface area (Å²) in [6, 6.07) is 7.49. The summed E-state index contributed by atoms with van der Waals surface area (Å²) in [5.74, 6) is -1.02. The maximum absolute atomic E-state index is 12.7. The molecule has 2 bridgehead atoms. The van der Waals surface area contributed by atoms with Gasteiger partial charge >= 0.3 is 0 Å². The summed E-state index contributed by atoms with van der Waals surface area (Å²) in [7, 11) is 0. The number of hydrogen-bond acceptors (Lipinski definition) is 3. The number of nitrogens with zero attached hydrogens (tertiary/aromatic N) is 1. The van der Waals surface area contributed by atoms with Crippen LogP contribution in [0.4, 0.5) is 5.69 Å². The maximum atomic E-state index is 12.7. The van der Waals surface area contributed by atoms with Crippen LogP contribution in [-0.2, 0) is 14.3 Å². The van der Waals surface area contributed by atoms with Crippen molar-refractivity contribution in [1.82, 2.24) is 0 Å². The van der Waals surface area contributed by atoms with Gasteiger partial charge in [0.15, 0.2) is 0 Å². The molecular formula is C16H15NO3. The van der Waals surface area contributed by atoms with Crippen molar-refractivity contribution in [3.8, 4) is 0 Å². The van der Waals surface area contributed by atoms with E-state index in [-0.39, 0.29) is 29.8 Å². The van der Waals surface area contributed by atoms with E-state index in [2.05, 4.69) is 0 Å². The second-order valence-electron chi connectivity index (χ2n) is 5.93. The van der Waals surface area contributed by atoms with Gasteiger partial charge in [0.05, 0.1) is 29.2 Å². The molecule has 0 aliphatic carbocycles. The van der Waals surface area contributed by atoms with Crippen molar-refractivity contribution in [2.75, 3.05) is 4.90 Å².